The third kappa shape index (κ3) is 3.48. The Morgan fingerprint density at radius 2 is 2.00 bits per heavy atom. The first-order valence-corrected chi connectivity index (χ1v) is 8.27. The Labute approximate surface area is 94.5 Å². The molecule has 1 rings (SSSR count). The van der Waals surface area contributed by atoms with Crippen LogP contribution in [-0.2, 0) is 0 Å². The van der Waals surface area contributed by atoms with Gasteiger partial charge >= 0.3 is 0 Å². The number of halogens is 1. The fourth-order valence-electron chi connectivity index (χ4n) is 0.977. The third-order valence-corrected chi connectivity index (χ3v) is 2.61. The van der Waals surface area contributed by atoms with Crippen LogP contribution in [0.25, 0.3) is 0 Å². The largest absolute Gasteiger partial charge is 0.270 e. The Balaban J connectivity index is 3.17. The van der Waals surface area contributed by atoms with Crippen LogP contribution >= 0.6 is 0 Å². The molecule has 5 heteroatoms. The molecule has 0 aliphatic heterocycles. The summed E-state index contributed by atoms with van der Waals surface area (Å²) in [5.74, 6) is 2.16. The topological polar surface area (TPSA) is 43.1 Å². The van der Waals surface area contributed by atoms with E-state index >= 15 is 0 Å². The molecule has 0 unspecified atom stereocenters. The van der Waals surface area contributed by atoms with Crippen LogP contribution in [0.2, 0.25) is 19.6 Å². The number of hydrogen-bond acceptors (Lipinski definition) is 2. The van der Waals surface area contributed by atoms with E-state index in [1.54, 1.807) is 0 Å². The Morgan fingerprint density at radius 1 is 1.38 bits per heavy atom. The van der Waals surface area contributed by atoms with Crippen LogP contribution in [0.3, 0.4) is 0 Å². The summed E-state index contributed by atoms with van der Waals surface area (Å²) in [4.78, 5) is 9.95. The minimum atomic E-state index is -1.61. The zero-order valence-electron chi connectivity index (χ0n) is 9.37. The first-order valence-electron chi connectivity index (χ1n) is 4.77. The van der Waals surface area contributed by atoms with Crippen molar-refractivity contribution in [1.29, 1.82) is 0 Å². The molecule has 0 spiro atoms. The van der Waals surface area contributed by atoms with Gasteiger partial charge in [0.25, 0.3) is 5.69 Å². The lowest BCUT2D eigenvalue weighted by Crippen LogP contribution is -2.16. The Morgan fingerprint density at radius 3 is 2.50 bits per heavy atom. The van der Waals surface area contributed by atoms with Crippen LogP contribution in [0.4, 0.5) is 10.1 Å². The van der Waals surface area contributed by atoms with Crippen LogP contribution in [0.5, 0.6) is 0 Å². The first-order chi connectivity index (χ1) is 7.29. The van der Waals surface area contributed by atoms with Gasteiger partial charge in [-0.2, -0.15) is 0 Å². The normalized spacial score (nSPS) is 10.5. The molecular formula is C11H12FNO2Si. The van der Waals surface area contributed by atoms with Crippen molar-refractivity contribution in [1.82, 2.24) is 0 Å². The Bertz CT molecular complexity index is 483. The summed E-state index contributed by atoms with van der Waals surface area (Å²) >= 11 is 0. The first kappa shape index (κ1) is 12.4. The van der Waals surface area contributed by atoms with Gasteiger partial charge in [0.05, 0.1) is 10.5 Å². The van der Waals surface area contributed by atoms with E-state index in [0.29, 0.717) is 0 Å². The van der Waals surface area contributed by atoms with Crippen molar-refractivity contribution in [3.63, 3.8) is 0 Å². The van der Waals surface area contributed by atoms with Gasteiger partial charge in [-0.25, -0.2) is 4.39 Å². The fraction of sp³-hybridized carbons (Fsp3) is 0.273. The standard InChI is InChI=1S/C11H12FNO2Si/c1-16(2,3)7-6-9-8-10(13(14)15)4-5-11(9)12/h4-5,8H,1-3H3. The van der Waals surface area contributed by atoms with Gasteiger partial charge < -0.3 is 0 Å². The van der Waals surface area contributed by atoms with E-state index in [4.69, 9.17) is 0 Å². The van der Waals surface area contributed by atoms with Crippen molar-refractivity contribution in [3.8, 4) is 11.5 Å². The molecule has 0 saturated carbocycles. The van der Waals surface area contributed by atoms with Gasteiger partial charge in [-0.1, -0.05) is 25.6 Å². The van der Waals surface area contributed by atoms with Crippen LogP contribution in [0, 0.1) is 27.4 Å². The SMILES string of the molecule is C[Si](C)(C)C#Cc1cc([N+](=O)[O-])ccc1F. The maximum atomic E-state index is 13.3. The summed E-state index contributed by atoms with van der Waals surface area (Å²) in [5, 5.41) is 10.5. The average molecular weight is 237 g/mol. The molecule has 0 aliphatic rings. The number of rotatable bonds is 1. The number of nitro benzene ring substituents is 1. The molecule has 0 bridgehead atoms. The van der Waals surface area contributed by atoms with E-state index in [-0.39, 0.29) is 11.3 Å². The van der Waals surface area contributed by atoms with Crippen LogP contribution in [-0.4, -0.2) is 13.0 Å². The maximum Gasteiger partial charge on any atom is 0.270 e. The smallest absolute Gasteiger partial charge is 0.258 e. The molecule has 0 atom stereocenters. The van der Waals surface area contributed by atoms with Crippen molar-refractivity contribution in [2.75, 3.05) is 0 Å². The summed E-state index contributed by atoms with van der Waals surface area (Å²) in [7, 11) is -1.61. The van der Waals surface area contributed by atoms with E-state index in [9.17, 15) is 14.5 Å². The van der Waals surface area contributed by atoms with E-state index in [2.05, 4.69) is 11.5 Å². The second kappa shape index (κ2) is 4.45. The number of nitrogens with zero attached hydrogens (tertiary/aromatic N) is 1. The highest BCUT2D eigenvalue weighted by Gasteiger charge is 2.11. The van der Waals surface area contributed by atoms with Crippen molar-refractivity contribution >= 4 is 13.8 Å². The van der Waals surface area contributed by atoms with Gasteiger partial charge in [-0.3, -0.25) is 10.1 Å². The molecule has 0 amide bonds. The summed E-state index contributed by atoms with van der Waals surface area (Å²) in [6.45, 7) is 6.07. The van der Waals surface area contributed by atoms with Gasteiger partial charge in [0.1, 0.15) is 13.9 Å². The Hall–Kier alpha value is -1.67. The molecule has 0 N–H and O–H groups in total. The van der Waals surface area contributed by atoms with E-state index in [1.807, 2.05) is 19.6 Å². The summed E-state index contributed by atoms with van der Waals surface area (Å²) < 4.78 is 13.3. The van der Waals surface area contributed by atoms with Gasteiger partial charge in [-0.15, -0.1) is 5.54 Å². The van der Waals surface area contributed by atoms with Crippen LogP contribution in [0.15, 0.2) is 18.2 Å². The number of non-ortho nitro benzene ring substituents is 1. The summed E-state index contributed by atoms with van der Waals surface area (Å²) in [6.07, 6.45) is 0. The quantitative estimate of drug-likeness (QED) is 0.326. The maximum absolute atomic E-state index is 13.3. The van der Waals surface area contributed by atoms with Crippen molar-refractivity contribution in [2.24, 2.45) is 0 Å². The molecule has 0 heterocycles. The molecule has 1 aromatic rings. The number of benzene rings is 1. The van der Waals surface area contributed by atoms with Crippen molar-refractivity contribution in [3.05, 3.63) is 39.7 Å². The fourth-order valence-corrected chi connectivity index (χ4v) is 1.49. The van der Waals surface area contributed by atoms with Crippen LogP contribution < -0.4 is 0 Å². The molecule has 0 aromatic heterocycles. The molecular weight excluding hydrogens is 225 g/mol. The van der Waals surface area contributed by atoms with Gasteiger partial charge in [0.2, 0.25) is 0 Å². The second-order valence-corrected chi connectivity index (χ2v) is 9.17. The second-order valence-electron chi connectivity index (χ2n) is 4.42. The average Bonchev–Trinajstić information content (AvgIpc) is 2.14. The summed E-state index contributed by atoms with van der Waals surface area (Å²) in [5.41, 5.74) is 2.93. The molecule has 0 fully saturated rings. The van der Waals surface area contributed by atoms with Gasteiger partial charge in [0, 0.05) is 12.1 Å². The zero-order chi connectivity index (χ0) is 12.3. The summed E-state index contributed by atoms with van der Waals surface area (Å²) in [6, 6.07) is 3.38. The lowest BCUT2D eigenvalue weighted by molar-refractivity contribution is -0.384. The Kier molecular flexibility index (Phi) is 3.45. The molecule has 3 nitrogen and oxygen atoms in total. The highest BCUT2D eigenvalue weighted by atomic mass is 28.3. The highest BCUT2D eigenvalue weighted by Crippen LogP contribution is 2.16. The van der Waals surface area contributed by atoms with Gasteiger partial charge in [0.15, 0.2) is 0 Å². The molecule has 0 radical (unpaired) electrons. The number of nitro groups is 1. The van der Waals surface area contributed by atoms with Gasteiger partial charge in [-0.05, 0) is 6.07 Å². The van der Waals surface area contributed by atoms with E-state index < -0.39 is 18.8 Å². The third-order valence-electron chi connectivity index (χ3n) is 1.73. The van der Waals surface area contributed by atoms with Crippen molar-refractivity contribution < 1.29 is 9.31 Å². The minimum Gasteiger partial charge on any atom is -0.258 e. The predicted molar refractivity (Wildman–Crippen MR) is 63.3 cm³/mol. The van der Waals surface area contributed by atoms with E-state index in [1.165, 1.54) is 6.07 Å². The molecule has 84 valence electrons. The minimum absolute atomic E-state index is 0.0941. The number of hydrogen-bond donors (Lipinski definition) is 0. The molecule has 0 aliphatic carbocycles. The molecule has 1 aromatic carbocycles. The monoisotopic (exact) mass is 237 g/mol. The highest BCUT2D eigenvalue weighted by molar-refractivity contribution is 6.83. The predicted octanol–water partition coefficient (Wildman–Crippen LogP) is 2.96. The van der Waals surface area contributed by atoms with Crippen molar-refractivity contribution in [2.45, 2.75) is 19.6 Å². The molecule has 16 heavy (non-hydrogen) atoms. The lowest BCUT2D eigenvalue weighted by atomic mass is 10.2. The van der Waals surface area contributed by atoms with Crippen LogP contribution in [0.1, 0.15) is 5.56 Å². The zero-order valence-corrected chi connectivity index (χ0v) is 10.4. The molecule has 0 saturated heterocycles. The van der Waals surface area contributed by atoms with E-state index in [0.717, 1.165) is 12.1 Å². The lowest BCUT2D eigenvalue weighted by Gasteiger charge is -2.03.